The Labute approximate surface area is 153 Å². The van der Waals surface area contributed by atoms with Gasteiger partial charge in [0.1, 0.15) is 17.3 Å². The Morgan fingerprint density at radius 3 is 2.77 bits per heavy atom. The summed E-state index contributed by atoms with van der Waals surface area (Å²) in [4.78, 5) is 43.8. The van der Waals surface area contributed by atoms with E-state index in [4.69, 9.17) is 4.74 Å². The fourth-order valence-electron chi connectivity index (χ4n) is 2.79. The number of nitrogens with zero attached hydrogens (tertiary/aromatic N) is 3. The number of nitrogens with one attached hydrogen (secondary N) is 1. The number of thiophene rings is 1. The van der Waals surface area contributed by atoms with Gasteiger partial charge in [0.2, 0.25) is 0 Å². The number of H-pyrrole nitrogens is 1. The van der Waals surface area contributed by atoms with Gasteiger partial charge in [-0.05, 0) is 24.8 Å². The first-order valence-corrected chi connectivity index (χ1v) is 9.37. The Morgan fingerprint density at radius 2 is 2.12 bits per heavy atom. The predicted molar refractivity (Wildman–Crippen MR) is 98.6 cm³/mol. The van der Waals surface area contributed by atoms with Gasteiger partial charge in [0.05, 0.1) is 0 Å². The molecule has 0 radical (unpaired) electrons. The third-order valence-electron chi connectivity index (χ3n) is 4.07. The minimum Gasteiger partial charge on any atom is -0.453 e. The summed E-state index contributed by atoms with van der Waals surface area (Å²) in [5.41, 5.74) is -0.302. The van der Waals surface area contributed by atoms with E-state index in [1.807, 2.05) is 13.8 Å². The topological polar surface area (TPSA) is 99.0 Å². The van der Waals surface area contributed by atoms with E-state index in [1.165, 1.54) is 15.9 Å². The smallest absolute Gasteiger partial charge is 0.348 e. The molecule has 3 rings (SSSR count). The van der Waals surface area contributed by atoms with Crippen LogP contribution in [0.3, 0.4) is 0 Å². The normalized spacial score (nSPS) is 11.2. The number of carbonyl (C=O) groups excluding carboxylic acids is 1. The number of aromatic nitrogens is 4. The molecule has 3 heterocycles. The number of aromatic amines is 1. The molecule has 26 heavy (non-hydrogen) atoms. The second-order valence-corrected chi connectivity index (χ2v) is 6.71. The second-order valence-electron chi connectivity index (χ2n) is 5.76. The van der Waals surface area contributed by atoms with Gasteiger partial charge in [0, 0.05) is 13.1 Å². The van der Waals surface area contributed by atoms with Gasteiger partial charge in [-0.3, -0.25) is 14.3 Å². The SMILES string of the molecule is CCCCn1c(=O)[nH]c(=O)c2c1nc(COC(=O)c1cccs1)n2CC. The summed E-state index contributed by atoms with van der Waals surface area (Å²) >= 11 is 1.29. The largest absolute Gasteiger partial charge is 0.453 e. The first-order chi connectivity index (χ1) is 12.6. The number of ether oxygens (including phenoxy) is 1. The standard InChI is InChI=1S/C17H20N4O4S/c1-3-5-8-21-14-13(15(22)19-17(21)24)20(4-2)12(18-14)10-25-16(23)11-7-6-9-26-11/h6-7,9H,3-5,8,10H2,1-2H3,(H,19,22,24). The molecule has 0 spiro atoms. The summed E-state index contributed by atoms with van der Waals surface area (Å²) in [6, 6.07) is 3.46. The van der Waals surface area contributed by atoms with Crippen molar-refractivity contribution in [2.24, 2.45) is 0 Å². The lowest BCUT2D eigenvalue weighted by atomic mass is 10.3. The highest BCUT2D eigenvalue weighted by Gasteiger charge is 2.19. The molecule has 3 aromatic heterocycles. The minimum absolute atomic E-state index is 0.0688. The van der Waals surface area contributed by atoms with Crippen LogP contribution in [0.4, 0.5) is 0 Å². The van der Waals surface area contributed by atoms with Gasteiger partial charge in [-0.15, -0.1) is 11.3 Å². The first-order valence-electron chi connectivity index (χ1n) is 8.49. The predicted octanol–water partition coefficient (Wildman–Crippen LogP) is 2.12. The molecule has 9 heteroatoms. The van der Waals surface area contributed by atoms with E-state index >= 15 is 0 Å². The van der Waals surface area contributed by atoms with Crippen molar-refractivity contribution in [3.63, 3.8) is 0 Å². The highest BCUT2D eigenvalue weighted by molar-refractivity contribution is 7.11. The number of hydrogen-bond acceptors (Lipinski definition) is 6. The molecule has 0 unspecified atom stereocenters. The van der Waals surface area contributed by atoms with E-state index < -0.39 is 17.2 Å². The lowest BCUT2D eigenvalue weighted by molar-refractivity contribution is 0.0464. The molecule has 0 fully saturated rings. The van der Waals surface area contributed by atoms with Gasteiger partial charge in [-0.1, -0.05) is 19.4 Å². The maximum Gasteiger partial charge on any atom is 0.348 e. The molecule has 0 saturated carbocycles. The molecule has 0 aliphatic carbocycles. The fraction of sp³-hybridized carbons (Fsp3) is 0.412. The average Bonchev–Trinajstić information content (AvgIpc) is 3.27. The summed E-state index contributed by atoms with van der Waals surface area (Å²) < 4.78 is 8.47. The van der Waals surface area contributed by atoms with Crippen LogP contribution in [0.25, 0.3) is 11.2 Å². The van der Waals surface area contributed by atoms with Gasteiger partial charge in [0.15, 0.2) is 11.2 Å². The van der Waals surface area contributed by atoms with Crippen LogP contribution in [0.1, 0.15) is 42.2 Å². The van der Waals surface area contributed by atoms with Crippen LogP contribution >= 0.6 is 11.3 Å². The maximum atomic E-state index is 12.3. The van der Waals surface area contributed by atoms with Crippen molar-refractivity contribution in [1.29, 1.82) is 0 Å². The Hall–Kier alpha value is -2.68. The Kier molecular flexibility index (Phi) is 5.36. The van der Waals surface area contributed by atoms with Crippen LogP contribution in [-0.2, 0) is 24.4 Å². The first kappa shape index (κ1) is 18.1. The fourth-order valence-corrected chi connectivity index (χ4v) is 3.40. The number of esters is 1. The Balaban J connectivity index is 2.00. The lowest BCUT2D eigenvalue weighted by Gasteiger charge is -2.06. The summed E-state index contributed by atoms with van der Waals surface area (Å²) in [5.74, 6) is 0.000691. The van der Waals surface area contributed by atoms with Crippen molar-refractivity contribution in [1.82, 2.24) is 19.1 Å². The van der Waals surface area contributed by atoms with Gasteiger partial charge in [-0.2, -0.15) is 0 Å². The van der Waals surface area contributed by atoms with Crippen molar-refractivity contribution in [2.75, 3.05) is 0 Å². The zero-order valence-electron chi connectivity index (χ0n) is 14.7. The van der Waals surface area contributed by atoms with E-state index in [1.54, 1.807) is 22.1 Å². The quantitative estimate of drug-likeness (QED) is 0.637. The molecule has 138 valence electrons. The number of fused-ring (bicyclic) bond motifs is 1. The minimum atomic E-state index is -0.483. The van der Waals surface area contributed by atoms with Crippen molar-refractivity contribution >= 4 is 28.5 Å². The van der Waals surface area contributed by atoms with Gasteiger partial charge < -0.3 is 9.30 Å². The molecule has 0 aliphatic rings. The number of imidazole rings is 1. The second kappa shape index (κ2) is 7.69. The van der Waals surface area contributed by atoms with E-state index in [2.05, 4.69) is 9.97 Å². The van der Waals surface area contributed by atoms with Crippen LogP contribution in [-0.4, -0.2) is 25.1 Å². The number of carbonyl (C=O) groups is 1. The van der Waals surface area contributed by atoms with Crippen LogP contribution in [0.15, 0.2) is 27.1 Å². The molecular formula is C17H20N4O4S. The summed E-state index contributed by atoms with van der Waals surface area (Å²) in [6.45, 7) is 4.76. The highest BCUT2D eigenvalue weighted by atomic mass is 32.1. The van der Waals surface area contributed by atoms with E-state index in [-0.39, 0.29) is 6.61 Å². The van der Waals surface area contributed by atoms with Crippen molar-refractivity contribution in [3.05, 3.63) is 49.1 Å². The van der Waals surface area contributed by atoms with E-state index in [0.29, 0.717) is 35.0 Å². The number of aryl methyl sites for hydroxylation is 2. The monoisotopic (exact) mass is 376 g/mol. The van der Waals surface area contributed by atoms with Gasteiger partial charge >= 0.3 is 11.7 Å². The van der Waals surface area contributed by atoms with E-state index in [9.17, 15) is 14.4 Å². The molecular weight excluding hydrogens is 356 g/mol. The number of hydrogen-bond donors (Lipinski definition) is 1. The average molecular weight is 376 g/mol. The Bertz CT molecular complexity index is 1030. The third-order valence-corrected chi connectivity index (χ3v) is 4.92. The zero-order valence-corrected chi connectivity index (χ0v) is 15.5. The third kappa shape index (κ3) is 3.34. The highest BCUT2D eigenvalue weighted by Crippen LogP contribution is 2.15. The molecule has 0 aliphatic heterocycles. The molecule has 0 bridgehead atoms. The number of rotatable bonds is 7. The molecule has 0 atom stereocenters. The molecule has 0 aromatic carbocycles. The van der Waals surface area contributed by atoms with Crippen molar-refractivity contribution < 1.29 is 9.53 Å². The van der Waals surface area contributed by atoms with Crippen LogP contribution in [0, 0.1) is 0 Å². The van der Waals surface area contributed by atoms with Crippen molar-refractivity contribution in [2.45, 2.75) is 46.4 Å². The molecule has 8 nitrogen and oxygen atoms in total. The number of unbranched alkanes of at least 4 members (excludes halogenated alkanes) is 1. The van der Waals surface area contributed by atoms with Crippen molar-refractivity contribution in [3.8, 4) is 0 Å². The van der Waals surface area contributed by atoms with Crippen LogP contribution in [0.5, 0.6) is 0 Å². The van der Waals surface area contributed by atoms with E-state index in [0.717, 1.165) is 12.8 Å². The Morgan fingerprint density at radius 1 is 1.31 bits per heavy atom. The molecule has 1 N–H and O–H groups in total. The van der Waals surface area contributed by atoms with Gasteiger partial charge in [-0.25, -0.2) is 14.6 Å². The molecule has 3 aromatic rings. The van der Waals surface area contributed by atoms with Crippen LogP contribution in [0.2, 0.25) is 0 Å². The lowest BCUT2D eigenvalue weighted by Crippen LogP contribution is -2.31. The molecule has 0 amide bonds. The van der Waals surface area contributed by atoms with Gasteiger partial charge in [0.25, 0.3) is 5.56 Å². The zero-order chi connectivity index (χ0) is 18.7. The summed E-state index contributed by atoms with van der Waals surface area (Å²) in [7, 11) is 0. The summed E-state index contributed by atoms with van der Waals surface area (Å²) in [5, 5.41) is 1.80. The molecule has 0 saturated heterocycles. The van der Waals surface area contributed by atoms with Crippen LogP contribution < -0.4 is 11.2 Å². The summed E-state index contributed by atoms with van der Waals surface area (Å²) in [6.07, 6.45) is 1.70. The maximum absolute atomic E-state index is 12.3.